The second-order valence-corrected chi connectivity index (χ2v) is 6.41. The Labute approximate surface area is 163 Å². The van der Waals surface area contributed by atoms with Gasteiger partial charge in [-0.05, 0) is 48.4 Å². The number of amides is 1. The van der Waals surface area contributed by atoms with Gasteiger partial charge in [-0.2, -0.15) is 0 Å². The van der Waals surface area contributed by atoms with Gasteiger partial charge in [0.1, 0.15) is 5.82 Å². The van der Waals surface area contributed by atoms with Gasteiger partial charge in [0.25, 0.3) is 5.91 Å². The summed E-state index contributed by atoms with van der Waals surface area (Å²) in [6, 6.07) is 25.2. The number of hydrogen-bond acceptors (Lipinski definition) is 4. The van der Waals surface area contributed by atoms with E-state index in [9.17, 15) is 4.79 Å². The fourth-order valence-corrected chi connectivity index (χ4v) is 2.94. The van der Waals surface area contributed by atoms with Crippen LogP contribution in [0.2, 0.25) is 0 Å². The number of carbonyl (C=O) groups excluding carboxylic acids is 1. The van der Waals surface area contributed by atoms with Gasteiger partial charge in [0.05, 0.1) is 5.52 Å². The molecule has 0 atom stereocenters. The van der Waals surface area contributed by atoms with Crippen molar-refractivity contribution in [1.29, 1.82) is 0 Å². The standard InChI is InChI=1S/C23H20N4O/c1-2-16-12-14-18(15-13-16)25-23(28)22-26-20-11-7-6-10-19(20)21(27-22)24-17-8-4-3-5-9-17/h3-15H,2H2,1H3,(H,25,28)(H,24,26,27). The minimum Gasteiger partial charge on any atom is -0.340 e. The molecular formula is C23H20N4O. The van der Waals surface area contributed by atoms with E-state index in [-0.39, 0.29) is 11.7 Å². The van der Waals surface area contributed by atoms with Crippen molar-refractivity contribution in [2.75, 3.05) is 10.6 Å². The highest BCUT2D eigenvalue weighted by atomic mass is 16.2. The molecule has 4 aromatic rings. The Hall–Kier alpha value is -3.73. The largest absolute Gasteiger partial charge is 0.340 e. The molecule has 0 spiro atoms. The topological polar surface area (TPSA) is 66.9 Å². The maximum Gasteiger partial charge on any atom is 0.293 e. The van der Waals surface area contributed by atoms with E-state index in [4.69, 9.17) is 0 Å². The number of nitrogens with zero attached hydrogens (tertiary/aromatic N) is 2. The molecule has 4 rings (SSSR count). The summed E-state index contributed by atoms with van der Waals surface area (Å²) < 4.78 is 0. The molecule has 3 aromatic carbocycles. The van der Waals surface area contributed by atoms with Gasteiger partial charge in [0, 0.05) is 16.8 Å². The Morgan fingerprint density at radius 2 is 1.54 bits per heavy atom. The molecule has 0 fully saturated rings. The van der Waals surface area contributed by atoms with Crippen LogP contribution in [-0.2, 0) is 6.42 Å². The Morgan fingerprint density at radius 1 is 0.821 bits per heavy atom. The molecule has 5 nitrogen and oxygen atoms in total. The Morgan fingerprint density at radius 3 is 2.29 bits per heavy atom. The number of nitrogens with one attached hydrogen (secondary N) is 2. The monoisotopic (exact) mass is 368 g/mol. The first-order valence-corrected chi connectivity index (χ1v) is 9.22. The van der Waals surface area contributed by atoms with Crippen molar-refractivity contribution in [3.63, 3.8) is 0 Å². The van der Waals surface area contributed by atoms with Gasteiger partial charge in [-0.25, -0.2) is 9.97 Å². The first-order chi connectivity index (χ1) is 13.7. The van der Waals surface area contributed by atoms with Crippen molar-refractivity contribution < 1.29 is 4.79 Å². The van der Waals surface area contributed by atoms with Crippen LogP contribution in [0.1, 0.15) is 23.1 Å². The average Bonchev–Trinajstić information content (AvgIpc) is 2.75. The maximum absolute atomic E-state index is 12.8. The molecular weight excluding hydrogens is 348 g/mol. The predicted octanol–water partition coefficient (Wildman–Crippen LogP) is 5.19. The lowest BCUT2D eigenvalue weighted by molar-refractivity contribution is 0.101. The van der Waals surface area contributed by atoms with Gasteiger partial charge in [0.2, 0.25) is 5.82 Å². The van der Waals surface area contributed by atoms with Crippen molar-refractivity contribution in [3.8, 4) is 0 Å². The van der Waals surface area contributed by atoms with E-state index in [1.54, 1.807) is 0 Å². The van der Waals surface area contributed by atoms with Crippen LogP contribution in [0, 0.1) is 0 Å². The molecule has 2 N–H and O–H groups in total. The molecule has 5 heteroatoms. The van der Waals surface area contributed by atoms with Crippen LogP contribution in [0.4, 0.5) is 17.2 Å². The van der Waals surface area contributed by atoms with Crippen LogP contribution in [0.25, 0.3) is 10.9 Å². The Kier molecular flexibility index (Phi) is 4.97. The van der Waals surface area contributed by atoms with E-state index < -0.39 is 0 Å². The van der Waals surface area contributed by atoms with Gasteiger partial charge >= 0.3 is 0 Å². The van der Waals surface area contributed by atoms with Gasteiger partial charge in [-0.15, -0.1) is 0 Å². The number of aryl methyl sites for hydroxylation is 1. The zero-order valence-corrected chi connectivity index (χ0v) is 15.5. The van der Waals surface area contributed by atoms with E-state index in [1.807, 2.05) is 78.9 Å². The number of fused-ring (bicyclic) bond motifs is 1. The van der Waals surface area contributed by atoms with Gasteiger partial charge in [0.15, 0.2) is 0 Å². The summed E-state index contributed by atoms with van der Waals surface area (Å²) in [5, 5.41) is 7.02. The summed E-state index contributed by atoms with van der Waals surface area (Å²) in [7, 11) is 0. The number of para-hydroxylation sites is 2. The molecule has 1 heterocycles. The Balaban J connectivity index is 1.67. The number of aromatic nitrogens is 2. The SMILES string of the molecule is CCc1ccc(NC(=O)c2nc(Nc3ccccc3)c3ccccc3n2)cc1. The number of anilines is 3. The molecule has 138 valence electrons. The first kappa shape index (κ1) is 17.7. The molecule has 0 bridgehead atoms. The number of carbonyl (C=O) groups is 1. The summed E-state index contributed by atoms with van der Waals surface area (Å²) >= 11 is 0. The fraction of sp³-hybridized carbons (Fsp3) is 0.0870. The zero-order valence-electron chi connectivity index (χ0n) is 15.5. The van der Waals surface area contributed by atoms with Gasteiger partial charge < -0.3 is 10.6 Å². The van der Waals surface area contributed by atoms with Crippen molar-refractivity contribution in [2.45, 2.75) is 13.3 Å². The minimum atomic E-state index is -0.342. The summed E-state index contributed by atoms with van der Waals surface area (Å²) in [6.45, 7) is 2.10. The van der Waals surface area contributed by atoms with Crippen LogP contribution < -0.4 is 10.6 Å². The molecule has 28 heavy (non-hydrogen) atoms. The molecule has 0 radical (unpaired) electrons. The van der Waals surface area contributed by atoms with E-state index in [2.05, 4.69) is 27.5 Å². The van der Waals surface area contributed by atoms with Crippen molar-refractivity contribution in [1.82, 2.24) is 9.97 Å². The molecule has 0 aliphatic carbocycles. The highest BCUT2D eigenvalue weighted by molar-refractivity contribution is 6.04. The lowest BCUT2D eigenvalue weighted by Crippen LogP contribution is -2.16. The van der Waals surface area contributed by atoms with E-state index in [0.717, 1.165) is 23.2 Å². The van der Waals surface area contributed by atoms with Crippen LogP contribution >= 0.6 is 0 Å². The highest BCUT2D eigenvalue weighted by Crippen LogP contribution is 2.24. The molecule has 0 saturated carbocycles. The van der Waals surface area contributed by atoms with Crippen LogP contribution in [0.5, 0.6) is 0 Å². The minimum absolute atomic E-state index is 0.122. The lowest BCUT2D eigenvalue weighted by Gasteiger charge is -2.11. The zero-order chi connectivity index (χ0) is 19.3. The Bertz CT molecular complexity index is 1110. The van der Waals surface area contributed by atoms with Crippen LogP contribution in [-0.4, -0.2) is 15.9 Å². The smallest absolute Gasteiger partial charge is 0.293 e. The first-order valence-electron chi connectivity index (χ1n) is 9.22. The molecule has 0 saturated heterocycles. The van der Waals surface area contributed by atoms with Gasteiger partial charge in [-0.1, -0.05) is 49.4 Å². The van der Waals surface area contributed by atoms with Crippen LogP contribution in [0.15, 0.2) is 78.9 Å². The third kappa shape index (κ3) is 3.83. The average molecular weight is 368 g/mol. The second-order valence-electron chi connectivity index (χ2n) is 6.41. The van der Waals surface area contributed by atoms with E-state index in [0.29, 0.717) is 11.3 Å². The van der Waals surface area contributed by atoms with Crippen molar-refractivity contribution in [2.24, 2.45) is 0 Å². The quantitative estimate of drug-likeness (QED) is 0.509. The van der Waals surface area contributed by atoms with E-state index in [1.165, 1.54) is 5.56 Å². The fourth-order valence-electron chi connectivity index (χ4n) is 2.94. The van der Waals surface area contributed by atoms with Crippen molar-refractivity contribution >= 4 is 34.0 Å². The summed E-state index contributed by atoms with van der Waals surface area (Å²) in [6.07, 6.45) is 0.955. The second kappa shape index (κ2) is 7.88. The molecule has 1 amide bonds. The molecule has 0 unspecified atom stereocenters. The third-order valence-corrected chi connectivity index (χ3v) is 4.46. The van der Waals surface area contributed by atoms with Gasteiger partial charge in [-0.3, -0.25) is 4.79 Å². The summed E-state index contributed by atoms with van der Waals surface area (Å²) in [5.41, 5.74) is 3.54. The molecule has 0 aliphatic rings. The lowest BCUT2D eigenvalue weighted by atomic mass is 10.1. The number of hydrogen-bond donors (Lipinski definition) is 2. The molecule has 1 aromatic heterocycles. The normalized spacial score (nSPS) is 10.6. The highest BCUT2D eigenvalue weighted by Gasteiger charge is 2.14. The van der Waals surface area contributed by atoms with Crippen LogP contribution in [0.3, 0.4) is 0 Å². The summed E-state index contributed by atoms with van der Waals surface area (Å²) in [4.78, 5) is 21.7. The predicted molar refractivity (Wildman–Crippen MR) is 113 cm³/mol. The maximum atomic E-state index is 12.8. The van der Waals surface area contributed by atoms with Crippen molar-refractivity contribution in [3.05, 3.63) is 90.3 Å². The third-order valence-electron chi connectivity index (χ3n) is 4.46. The number of rotatable bonds is 5. The molecule has 0 aliphatic heterocycles. The summed E-state index contributed by atoms with van der Waals surface area (Å²) in [5.74, 6) is 0.381. The number of benzene rings is 3. The van der Waals surface area contributed by atoms with E-state index >= 15 is 0 Å².